The smallest absolute Gasteiger partial charge is 0.123 e. The summed E-state index contributed by atoms with van der Waals surface area (Å²) in [5.74, 6) is 1.61. The lowest BCUT2D eigenvalue weighted by Gasteiger charge is -2.14. The summed E-state index contributed by atoms with van der Waals surface area (Å²) in [5, 5.41) is 3.55. The van der Waals surface area contributed by atoms with Crippen molar-refractivity contribution in [2.24, 2.45) is 5.92 Å². The third-order valence-electron chi connectivity index (χ3n) is 2.95. The van der Waals surface area contributed by atoms with Gasteiger partial charge >= 0.3 is 0 Å². The van der Waals surface area contributed by atoms with E-state index in [2.05, 4.69) is 44.3 Å². The molecule has 1 aromatic carbocycles. The van der Waals surface area contributed by atoms with Crippen LogP contribution in [-0.4, -0.2) is 12.6 Å². The Hall–Kier alpha value is -1.02. The van der Waals surface area contributed by atoms with E-state index in [9.17, 15) is 0 Å². The largest absolute Gasteiger partial charge is 0.493 e. The van der Waals surface area contributed by atoms with Crippen LogP contribution in [0.4, 0.5) is 0 Å². The average molecular weight is 233 g/mol. The summed E-state index contributed by atoms with van der Waals surface area (Å²) in [5.41, 5.74) is 2.59. The molecule has 0 aliphatic heterocycles. The SMILES string of the molecule is Cc1ccc(OCC(C)C)c(CNC2CC2)c1. The molecule has 0 radical (unpaired) electrons. The first-order valence-electron chi connectivity index (χ1n) is 6.61. The van der Waals surface area contributed by atoms with Crippen molar-refractivity contribution in [2.75, 3.05) is 6.61 Å². The molecule has 2 nitrogen and oxygen atoms in total. The molecule has 17 heavy (non-hydrogen) atoms. The van der Waals surface area contributed by atoms with E-state index in [1.54, 1.807) is 0 Å². The van der Waals surface area contributed by atoms with Crippen LogP contribution in [0, 0.1) is 12.8 Å². The zero-order valence-electron chi connectivity index (χ0n) is 11.1. The van der Waals surface area contributed by atoms with E-state index < -0.39 is 0 Å². The quantitative estimate of drug-likeness (QED) is 0.814. The fourth-order valence-electron chi connectivity index (χ4n) is 1.79. The molecule has 0 unspecified atom stereocenters. The van der Waals surface area contributed by atoms with E-state index in [1.807, 2.05) is 0 Å². The fourth-order valence-corrected chi connectivity index (χ4v) is 1.79. The molecule has 2 heteroatoms. The van der Waals surface area contributed by atoms with Gasteiger partial charge in [0.05, 0.1) is 6.61 Å². The van der Waals surface area contributed by atoms with Gasteiger partial charge in [-0.3, -0.25) is 0 Å². The Labute approximate surface area is 104 Å². The highest BCUT2D eigenvalue weighted by Crippen LogP contribution is 2.24. The van der Waals surface area contributed by atoms with Crippen molar-refractivity contribution < 1.29 is 4.74 Å². The third kappa shape index (κ3) is 4.04. The molecule has 1 N–H and O–H groups in total. The summed E-state index contributed by atoms with van der Waals surface area (Å²) in [6.45, 7) is 8.21. The van der Waals surface area contributed by atoms with Gasteiger partial charge in [0.2, 0.25) is 0 Å². The van der Waals surface area contributed by atoms with Crippen LogP contribution in [0.1, 0.15) is 37.8 Å². The van der Waals surface area contributed by atoms with Gasteiger partial charge in [0.25, 0.3) is 0 Å². The molecule has 0 atom stereocenters. The molecule has 1 aliphatic rings. The van der Waals surface area contributed by atoms with Gasteiger partial charge in [-0.1, -0.05) is 31.5 Å². The number of aryl methyl sites for hydroxylation is 1. The predicted octanol–water partition coefficient (Wildman–Crippen LogP) is 3.28. The van der Waals surface area contributed by atoms with E-state index in [-0.39, 0.29) is 0 Å². The van der Waals surface area contributed by atoms with Crippen LogP contribution in [0.15, 0.2) is 18.2 Å². The molecule has 1 aromatic rings. The minimum atomic E-state index is 0.570. The molecule has 0 heterocycles. The van der Waals surface area contributed by atoms with Gasteiger partial charge in [0.15, 0.2) is 0 Å². The number of nitrogens with one attached hydrogen (secondary N) is 1. The van der Waals surface area contributed by atoms with Crippen LogP contribution < -0.4 is 10.1 Å². The second kappa shape index (κ2) is 5.54. The summed E-state index contributed by atoms with van der Waals surface area (Å²) in [6, 6.07) is 7.19. The van der Waals surface area contributed by atoms with Crippen molar-refractivity contribution in [3.63, 3.8) is 0 Å². The van der Waals surface area contributed by atoms with Gasteiger partial charge in [-0.05, 0) is 31.7 Å². The lowest BCUT2D eigenvalue weighted by atomic mass is 10.1. The van der Waals surface area contributed by atoms with Gasteiger partial charge in [-0.2, -0.15) is 0 Å². The number of hydrogen-bond donors (Lipinski definition) is 1. The van der Waals surface area contributed by atoms with Crippen molar-refractivity contribution in [1.82, 2.24) is 5.32 Å². The molecule has 0 amide bonds. The summed E-state index contributed by atoms with van der Waals surface area (Å²) < 4.78 is 5.87. The predicted molar refractivity (Wildman–Crippen MR) is 71.4 cm³/mol. The number of hydrogen-bond acceptors (Lipinski definition) is 2. The molecular weight excluding hydrogens is 210 g/mol. The Bertz CT molecular complexity index is 369. The van der Waals surface area contributed by atoms with Crippen molar-refractivity contribution in [3.05, 3.63) is 29.3 Å². The monoisotopic (exact) mass is 233 g/mol. The summed E-state index contributed by atoms with van der Waals surface area (Å²) in [4.78, 5) is 0. The third-order valence-corrected chi connectivity index (χ3v) is 2.95. The topological polar surface area (TPSA) is 21.3 Å². The first kappa shape index (κ1) is 12.4. The van der Waals surface area contributed by atoms with Crippen LogP contribution in [0.2, 0.25) is 0 Å². The van der Waals surface area contributed by atoms with E-state index in [0.29, 0.717) is 5.92 Å². The molecule has 0 bridgehead atoms. The number of rotatable bonds is 6. The second-order valence-corrected chi connectivity index (χ2v) is 5.47. The van der Waals surface area contributed by atoms with Gasteiger partial charge < -0.3 is 10.1 Å². The Morgan fingerprint density at radius 2 is 2.12 bits per heavy atom. The molecule has 1 aliphatic carbocycles. The molecule has 0 aromatic heterocycles. The Morgan fingerprint density at radius 1 is 1.35 bits per heavy atom. The molecule has 1 fully saturated rings. The normalized spacial score (nSPS) is 15.3. The maximum atomic E-state index is 5.87. The fraction of sp³-hybridized carbons (Fsp3) is 0.600. The Kier molecular flexibility index (Phi) is 4.06. The van der Waals surface area contributed by atoms with Gasteiger partial charge in [0.1, 0.15) is 5.75 Å². The van der Waals surface area contributed by atoms with Crippen LogP contribution in [0.5, 0.6) is 5.75 Å². The van der Waals surface area contributed by atoms with Crippen molar-refractivity contribution >= 4 is 0 Å². The zero-order valence-corrected chi connectivity index (χ0v) is 11.1. The Balaban J connectivity index is 2.00. The van der Waals surface area contributed by atoms with Crippen LogP contribution in [0.3, 0.4) is 0 Å². The van der Waals surface area contributed by atoms with Crippen molar-refractivity contribution in [3.8, 4) is 5.75 Å². The first-order chi connectivity index (χ1) is 8.15. The van der Waals surface area contributed by atoms with E-state index in [4.69, 9.17) is 4.74 Å². The summed E-state index contributed by atoms with van der Waals surface area (Å²) in [7, 11) is 0. The second-order valence-electron chi connectivity index (χ2n) is 5.47. The Morgan fingerprint density at radius 3 is 2.76 bits per heavy atom. The summed E-state index contributed by atoms with van der Waals surface area (Å²) in [6.07, 6.45) is 2.65. The summed E-state index contributed by atoms with van der Waals surface area (Å²) >= 11 is 0. The van der Waals surface area contributed by atoms with E-state index in [1.165, 1.54) is 24.0 Å². The number of benzene rings is 1. The van der Waals surface area contributed by atoms with Gasteiger partial charge in [-0.25, -0.2) is 0 Å². The maximum Gasteiger partial charge on any atom is 0.123 e. The van der Waals surface area contributed by atoms with Gasteiger partial charge in [0, 0.05) is 18.2 Å². The average Bonchev–Trinajstić information content (AvgIpc) is 3.08. The minimum Gasteiger partial charge on any atom is -0.493 e. The van der Waals surface area contributed by atoms with E-state index in [0.717, 1.165) is 24.9 Å². The molecular formula is C15H23NO. The highest BCUT2D eigenvalue weighted by Gasteiger charge is 2.20. The molecule has 1 saturated carbocycles. The zero-order chi connectivity index (χ0) is 12.3. The van der Waals surface area contributed by atoms with Crippen molar-refractivity contribution in [1.29, 1.82) is 0 Å². The molecule has 2 rings (SSSR count). The first-order valence-corrected chi connectivity index (χ1v) is 6.61. The highest BCUT2D eigenvalue weighted by atomic mass is 16.5. The van der Waals surface area contributed by atoms with Crippen LogP contribution in [0.25, 0.3) is 0 Å². The highest BCUT2D eigenvalue weighted by molar-refractivity contribution is 5.37. The van der Waals surface area contributed by atoms with Crippen LogP contribution >= 0.6 is 0 Å². The lowest BCUT2D eigenvalue weighted by Crippen LogP contribution is -2.16. The molecule has 94 valence electrons. The van der Waals surface area contributed by atoms with Crippen molar-refractivity contribution in [2.45, 2.75) is 46.2 Å². The standard InChI is InChI=1S/C15H23NO/c1-11(2)10-17-15-7-4-12(3)8-13(15)9-16-14-5-6-14/h4,7-8,11,14,16H,5-6,9-10H2,1-3H3. The van der Waals surface area contributed by atoms with Gasteiger partial charge in [-0.15, -0.1) is 0 Å². The molecule has 0 saturated heterocycles. The number of ether oxygens (including phenoxy) is 1. The maximum absolute atomic E-state index is 5.87. The van der Waals surface area contributed by atoms with E-state index >= 15 is 0 Å². The molecule has 0 spiro atoms. The lowest BCUT2D eigenvalue weighted by molar-refractivity contribution is 0.268. The minimum absolute atomic E-state index is 0.570. The van der Waals surface area contributed by atoms with Crippen LogP contribution in [-0.2, 0) is 6.54 Å².